The van der Waals surface area contributed by atoms with Gasteiger partial charge in [-0.05, 0) is 41.6 Å². The van der Waals surface area contributed by atoms with Crippen LogP contribution in [0.4, 0.5) is 0 Å². The van der Waals surface area contributed by atoms with E-state index in [1.54, 1.807) is 0 Å². The summed E-state index contributed by atoms with van der Waals surface area (Å²) in [4.78, 5) is 1.41. The third-order valence-corrected chi connectivity index (χ3v) is 4.37. The van der Waals surface area contributed by atoms with Crippen LogP contribution >= 0.6 is 45.3 Å². The normalized spacial score (nSPS) is 11.0. The Labute approximate surface area is 81.0 Å². The van der Waals surface area contributed by atoms with Crippen molar-refractivity contribution in [1.82, 2.24) is 0 Å². The summed E-state index contributed by atoms with van der Waals surface area (Å²) in [6, 6.07) is 4.49. The van der Waals surface area contributed by atoms with Gasteiger partial charge in [0.05, 0.1) is 6.90 Å². The summed E-state index contributed by atoms with van der Waals surface area (Å²) in [5, 5.41) is 1.41. The first kappa shape index (κ1) is 7.06. The van der Waals surface area contributed by atoms with Crippen molar-refractivity contribution in [3.05, 3.63) is 19.9 Å². The average Bonchev–Trinajstić information content (AvgIpc) is 2.21. The van der Waals surface area contributed by atoms with E-state index >= 15 is 0 Å². The van der Waals surface area contributed by atoms with Gasteiger partial charge in [0.2, 0.25) is 0 Å². The lowest BCUT2D eigenvalue weighted by Crippen LogP contribution is -1.50. The number of aryl methyl sites for hydroxylation is 1. The fourth-order valence-electron chi connectivity index (χ4n) is 0.933. The van der Waals surface area contributed by atoms with Crippen LogP contribution in [0.5, 0.6) is 0 Å². The van der Waals surface area contributed by atoms with Gasteiger partial charge in [0.25, 0.3) is 0 Å². The number of fused-ring (bicyclic) bond motifs is 1. The Kier molecular flexibility index (Phi) is 1.74. The predicted octanol–water partition coefficient (Wildman–Crippen LogP) is 3.88. The molecule has 0 bridgehead atoms. The zero-order chi connectivity index (χ0) is 7.14. The van der Waals surface area contributed by atoms with Gasteiger partial charge < -0.3 is 0 Å². The van der Waals surface area contributed by atoms with Crippen LogP contribution in [0, 0.1) is 9.81 Å². The van der Waals surface area contributed by atoms with Gasteiger partial charge in [0, 0.05) is 10.3 Å². The maximum absolute atomic E-state index is 2.37. The minimum absolute atomic E-state index is 1.39. The van der Waals surface area contributed by atoms with Crippen LogP contribution < -0.4 is 0 Å². The van der Waals surface area contributed by atoms with Crippen molar-refractivity contribution in [2.45, 2.75) is 6.92 Å². The van der Waals surface area contributed by atoms with Crippen LogP contribution in [-0.4, -0.2) is 0 Å². The molecule has 2 heterocycles. The Bertz CT molecular complexity index is 295. The van der Waals surface area contributed by atoms with Gasteiger partial charge in [0.1, 0.15) is 0 Å². The second-order valence-electron chi connectivity index (χ2n) is 2.15. The molecule has 0 radical (unpaired) electrons. The molecule has 0 N–H and O–H groups in total. The second kappa shape index (κ2) is 2.46. The lowest BCUT2D eigenvalue weighted by atomic mass is 10.4. The summed E-state index contributed by atoms with van der Waals surface area (Å²) >= 11 is 6.13. The summed E-state index contributed by atoms with van der Waals surface area (Å²) < 4.78 is 2.85. The van der Waals surface area contributed by atoms with Crippen molar-refractivity contribution in [3.63, 3.8) is 0 Å². The van der Waals surface area contributed by atoms with Gasteiger partial charge in [-0.1, -0.05) is 0 Å². The van der Waals surface area contributed by atoms with E-state index in [0.29, 0.717) is 0 Å². The first-order valence-corrected chi connectivity index (χ1v) is 5.62. The van der Waals surface area contributed by atoms with Crippen molar-refractivity contribution < 1.29 is 0 Å². The Morgan fingerprint density at radius 1 is 1.30 bits per heavy atom. The molecule has 0 atom stereocenters. The predicted molar refractivity (Wildman–Crippen MR) is 57.2 cm³/mol. The van der Waals surface area contributed by atoms with Crippen molar-refractivity contribution in [1.29, 1.82) is 0 Å². The highest BCUT2D eigenvalue weighted by Gasteiger charge is 2.01. The van der Waals surface area contributed by atoms with E-state index in [-0.39, 0.29) is 0 Å². The zero-order valence-electron chi connectivity index (χ0n) is 5.35. The van der Waals surface area contributed by atoms with Crippen molar-refractivity contribution in [2.24, 2.45) is 0 Å². The van der Waals surface area contributed by atoms with Gasteiger partial charge in [-0.25, -0.2) is 0 Å². The number of halogens is 1. The first-order chi connectivity index (χ1) is 4.75. The molecule has 0 aromatic carbocycles. The van der Waals surface area contributed by atoms with Crippen LogP contribution in [0.3, 0.4) is 0 Å². The molecule has 2 aromatic heterocycles. The van der Waals surface area contributed by atoms with Gasteiger partial charge in [-0.3, -0.25) is 0 Å². The molecule has 0 aliphatic rings. The fraction of sp³-hybridized carbons (Fsp3) is 0.143. The molecule has 0 amide bonds. The molecular weight excluding hydrogens is 275 g/mol. The zero-order valence-corrected chi connectivity index (χ0v) is 9.14. The highest BCUT2D eigenvalue weighted by atomic mass is 127. The van der Waals surface area contributed by atoms with Crippen LogP contribution in [0.25, 0.3) is 9.40 Å². The van der Waals surface area contributed by atoms with Crippen LogP contribution in [-0.2, 0) is 0 Å². The highest BCUT2D eigenvalue weighted by molar-refractivity contribution is 14.1. The van der Waals surface area contributed by atoms with E-state index < -0.39 is 0 Å². The minimum atomic E-state index is 1.39. The third kappa shape index (κ3) is 1.10. The largest absolute Gasteiger partial charge is 0.130 e. The Hall–Kier alpha value is 0.390. The SMILES string of the molecule is Cc1cc2cc(I)sc2s1. The van der Waals surface area contributed by atoms with Crippen LogP contribution in [0.2, 0.25) is 0 Å². The lowest BCUT2D eigenvalue weighted by Gasteiger charge is -1.73. The maximum atomic E-state index is 2.37. The molecule has 52 valence electrons. The van der Waals surface area contributed by atoms with Crippen LogP contribution in [0.15, 0.2) is 12.1 Å². The smallest absolute Gasteiger partial charge is 0.0879 e. The van der Waals surface area contributed by atoms with E-state index in [9.17, 15) is 0 Å². The molecule has 2 rings (SSSR count). The highest BCUT2D eigenvalue weighted by Crippen LogP contribution is 2.33. The summed E-state index contributed by atoms with van der Waals surface area (Å²) in [7, 11) is 0. The molecule has 10 heavy (non-hydrogen) atoms. The molecule has 0 spiro atoms. The number of hydrogen-bond acceptors (Lipinski definition) is 2. The van der Waals surface area contributed by atoms with Crippen molar-refractivity contribution in [3.8, 4) is 0 Å². The lowest BCUT2D eigenvalue weighted by molar-refractivity contribution is 1.66. The van der Waals surface area contributed by atoms with E-state index in [0.717, 1.165) is 0 Å². The number of thiophene rings is 2. The fourth-order valence-corrected chi connectivity index (χ4v) is 4.52. The monoisotopic (exact) mass is 280 g/mol. The Morgan fingerprint density at radius 3 is 2.80 bits per heavy atom. The van der Waals surface area contributed by atoms with E-state index in [4.69, 9.17) is 0 Å². The average molecular weight is 280 g/mol. The summed E-state index contributed by atoms with van der Waals surface area (Å²) in [6.07, 6.45) is 0. The van der Waals surface area contributed by atoms with Crippen molar-refractivity contribution >= 4 is 54.7 Å². The van der Waals surface area contributed by atoms with Gasteiger partial charge >= 0.3 is 0 Å². The molecule has 0 saturated carbocycles. The summed E-state index contributed by atoms with van der Waals surface area (Å²) in [6.45, 7) is 2.16. The molecule has 0 fully saturated rings. The molecule has 0 aliphatic carbocycles. The topological polar surface area (TPSA) is 0 Å². The van der Waals surface area contributed by atoms with E-state index in [2.05, 4.69) is 41.6 Å². The maximum Gasteiger partial charge on any atom is 0.0879 e. The standard InChI is InChI=1S/C7H5IS2/c1-4-2-5-3-6(8)10-7(5)9-4/h2-3H,1H3. The van der Waals surface area contributed by atoms with Gasteiger partial charge in [0.15, 0.2) is 0 Å². The molecule has 3 heteroatoms. The van der Waals surface area contributed by atoms with Crippen molar-refractivity contribution in [2.75, 3.05) is 0 Å². The Balaban J connectivity index is 2.83. The Morgan fingerprint density at radius 2 is 2.10 bits per heavy atom. The van der Waals surface area contributed by atoms with Gasteiger partial charge in [-0.2, -0.15) is 0 Å². The molecular formula is C7H5IS2. The number of hydrogen-bond donors (Lipinski definition) is 0. The third-order valence-electron chi connectivity index (χ3n) is 1.31. The van der Waals surface area contributed by atoms with Gasteiger partial charge in [-0.15, -0.1) is 22.7 Å². The molecule has 0 aliphatic heterocycles. The van der Waals surface area contributed by atoms with Crippen LogP contribution in [0.1, 0.15) is 4.88 Å². The minimum Gasteiger partial charge on any atom is -0.130 e. The first-order valence-electron chi connectivity index (χ1n) is 2.91. The van der Waals surface area contributed by atoms with E-state index in [1.807, 2.05) is 22.7 Å². The molecule has 0 nitrogen and oxygen atoms in total. The molecule has 0 unspecified atom stereocenters. The van der Waals surface area contributed by atoms with E-state index in [1.165, 1.54) is 17.2 Å². The second-order valence-corrected chi connectivity index (χ2v) is 6.61. The summed E-state index contributed by atoms with van der Waals surface area (Å²) in [5.74, 6) is 0. The number of rotatable bonds is 0. The molecule has 0 saturated heterocycles. The quantitative estimate of drug-likeness (QED) is 0.642. The summed E-state index contributed by atoms with van der Waals surface area (Å²) in [5.41, 5.74) is 0. The molecule has 2 aromatic rings.